The SMILES string of the molecule is Cc1cccc(NC(=NCCN2CCOCC2)NC(=O)c2ccc(F)cc2)c1. The molecule has 0 radical (unpaired) electrons. The Balaban J connectivity index is 1.68. The fourth-order valence-corrected chi connectivity index (χ4v) is 2.88. The number of hydrogen-bond acceptors (Lipinski definition) is 4. The average Bonchev–Trinajstić information content (AvgIpc) is 2.69. The number of rotatable bonds is 5. The maximum atomic E-state index is 13.1. The number of nitrogens with one attached hydrogen (secondary N) is 2. The van der Waals surface area contributed by atoms with Crippen LogP contribution in [0.1, 0.15) is 15.9 Å². The van der Waals surface area contributed by atoms with E-state index in [1.165, 1.54) is 24.3 Å². The third-order valence-electron chi connectivity index (χ3n) is 4.41. The van der Waals surface area contributed by atoms with Crippen LogP contribution in [0.5, 0.6) is 0 Å². The van der Waals surface area contributed by atoms with Gasteiger partial charge in [-0.2, -0.15) is 0 Å². The number of carbonyl (C=O) groups is 1. The second-order valence-electron chi connectivity index (χ2n) is 6.64. The summed E-state index contributed by atoms with van der Waals surface area (Å²) in [6.07, 6.45) is 0. The Morgan fingerprint density at radius 1 is 1.18 bits per heavy atom. The Hall–Kier alpha value is -2.77. The summed E-state index contributed by atoms with van der Waals surface area (Å²) in [7, 11) is 0. The molecule has 7 heteroatoms. The summed E-state index contributed by atoms with van der Waals surface area (Å²) in [5.74, 6) is -0.354. The molecule has 0 aliphatic carbocycles. The highest BCUT2D eigenvalue weighted by Gasteiger charge is 2.12. The lowest BCUT2D eigenvalue weighted by Gasteiger charge is -2.25. The minimum absolute atomic E-state index is 0.342. The van der Waals surface area contributed by atoms with Gasteiger partial charge in [-0.1, -0.05) is 12.1 Å². The third-order valence-corrected chi connectivity index (χ3v) is 4.41. The zero-order valence-corrected chi connectivity index (χ0v) is 16.0. The van der Waals surface area contributed by atoms with Gasteiger partial charge in [0, 0.05) is 30.9 Å². The molecule has 2 aromatic carbocycles. The van der Waals surface area contributed by atoms with E-state index in [9.17, 15) is 9.18 Å². The predicted molar refractivity (Wildman–Crippen MR) is 108 cm³/mol. The van der Waals surface area contributed by atoms with Gasteiger partial charge in [0.2, 0.25) is 5.96 Å². The summed E-state index contributed by atoms with van der Waals surface area (Å²) >= 11 is 0. The molecule has 1 aliphatic rings. The Labute approximate surface area is 164 Å². The van der Waals surface area contributed by atoms with Gasteiger partial charge < -0.3 is 10.1 Å². The molecule has 0 aromatic heterocycles. The number of guanidine groups is 1. The van der Waals surface area contributed by atoms with Gasteiger partial charge >= 0.3 is 0 Å². The molecule has 2 aromatic rings. The van der Waals surface area contributed by atoms with Crippen molar-refractivity contribution in [2.45, 2.75) is 6.92 Å². The van der Waals surface area contributed by atoms with Crippen molar-refractivity contribution >= 4 is 17.6 Å². The first-order chi connectivity index (χ1) is 13.6. The number of ether oxygens (including phenoxy) is 1. The van der Waals surface area contributed by atoms with Crippen LogP contribution in [-0.2, 0) is 4.74 Å². The normalized spacial score (nSPS) is 15.3. The van der Waals surface area contributed by atoms with Gasteiger partial charge in [-0.15, -0.1) is 0 Å². The van der Waals surface area contributed by atoms with E-state index in [4.69, 9.17) is 4.74 Å². The van der Waals surface area contributed by atoms with Crippen LogP contribution in [0, 0.1) is 12.7 Å². The summed E-state index contributed by atoms with van der Waals surface area (Å²) < 4.78 is 18.5. The molecule has 1 heterocycles. The molecule has 6 nitrogen and oxygen atoms in total. The van der Waals surface area contributed by atoms with Crippen LogP contribution < -0.4 is 10.6 Å². The van der Waals surface area contributed by atoms with Crippen LogP contribution in [0.4, 0.5) is 10.1 Å². The molecule has 0 atom stereocenters. The predicted octanol–water partition coefficient (Wildman–Crippen LogP) is 2.66. The van der Waals surface area contributed by atoms with Crippen LogP contribution in [0.3, 0.4) is 0 Å². The second kappa shape index (κ2) is 9.96. The van der Waals surface area contributed by atoms with Crippen molar-refractivity contribution in [2.75, 3.05) is 44.7 Å². The maximum absolute atomic E-state index is 13.1. The molecular formula is C21H25FN4O2. The van der Waals surface area contributed by atoms with Crippen LogP contribution in [-0.4, -0.2) is 56.2 Å². The number of amides is 1. The van der Waals surface area contributed by atoms with Crippen molar-refractivity contribution in [2.24, 2.45) is 4.99 Å². The smallest absolute Gasteiger partial charge is 0.257 e. The highest BCUT2D eigenvalue weighted by molar-refractivity contribution is 6.09. The zero-order valence-electron chi connectivity index (χ0n) is 16.0. The number of morpholine rings is 1. The first-order valence-electron chi connectivity index (χ1n) is 9.35. The molecule has 28 heavy (non-hydrogen) atoms. The van der Waals surface area contributed by atoms with Crippen molar-refractivity contribution in [3.05, 3.63) is 65.5 Å². The highest BCUT2D eigenvalue weighted by Crippen LogP contribution is 2.10. The van der Waals surface area contributed by atoms with Crippen molar-refractivity contribution in [3.8, 4) is 0 Å². The quantitative estimate of drug-likeness (QED) is 0.615. The molecule has 0 saturated carbocycles. The number of aryl methyl sites for hydroxylation is 1. The molecule has 1 amide bonds. The fourth-order valence-electron chi connectivity index (χ4n) is 2.88. The van der Waals surface area contributed by atoms with Crippen molar-refractivity contribution in [1.82, 2.24) is 10.2 Å². The second-order valence-corrected chi connectivity index (χ2v) is 6.64. The van der Waals surface area contributed by atoms with Crippen molar-refractivity contribution in [1.29, 1.82) is 0 Å². The van der Waals surface area contributed by atoms with E-state index in [1.807, 2.05) is 31.2 Å². The van der Waals surface area contributed by atoms with E-state index >= 15 is 0 Å². The number of aliphatic imine (C=N–C) groups is 1. The number of halogens is 1. The maximum Gasteiger partial charge on any atom is 0.257 e. The molecule has 148 valence electrons. The Morgan fingerprint density at radius 2 is 1.93 bits per heavy atom. The minimum Gasteiger partial charge on any atom is -0.379 e. The summed E-state index contributed by atoms with van der Waals surface area (Å²) in [6, 6.07) is 13.2. The van der Waals surface area contributed by atoms with Crippen LogP contribution in [0.25, 0.3) is 0 Å². The Morgan fingerprint density at radius 3 is 2.64 bits per heavy atom. The Bertz CT molecular complexity index is 817. The number of benzene rings is 2. The average molecular weight is 384 g/mol. The lowest BCUT2D eigenvalue weighted by atomic mass is 10.2. The summed E-state index contributed by atoms with van der Waals surface area (Å²) in [4.78, 5) is 19.3. The van der Waals surface area contributed by atoms with Crippen LogP contribution >= 0.6 is 0 Å². The first kappa shape index (κ1) is 20.0. The molecule has 1 fully saturated rings. The number of anilines is 1. The fraction of sp³-hybridized carbons (Fsp3) is 0.333. The van der Waals surface area contributed by atoms with E-state index in [1.54, 1.807) is 0 Å². The standard InChI is InChI=1S/C21H25FN4O2/c1-16-3-2-4-19(15-16)24-21(23-9-10-26-11-13-28-14-12-26)25-20(27)17-5-7-18(22)8-6-17/h2-8,15H,9-14H2,1H3,(H2,23,24,25,27). The lowest BCUT2D eigenvalue weighted by molar-refractivity contribution is 0.0394. The molecule has 0 bridgehead atoms. The number of nitrogens with zero attached hydrogens (tertiary/aromatic N) is 2. The van der Waals surface area contributed by atoms with Crippen LogP contribution in [0.15, 0.2) is 53.5 Å². The first-order valence-corrected chi connectivity index (χ1v) is 9.35. The van der Waals surface area contributed by atoms with E-state index in [2.05, 4.69) is 20.5 Å². The molecular weight excluding hydrogens is 359 g/mol. The van der Waals surface area contributed by atoms with Crippen molar-refractivity contribution < 1.29 is 13.9 Å². The van der Waals surface area contributed by atoms with Gasteiger partial charge in [-0.3, -0.25) is 20.0 Å². The van der Waals surface area contributed by atoms with Crippen LogP contribution in [0.2, 0.25) is 0 Å². The largest absolute Gasteiger partial charge is 0.379 e. The topological polar surface area (TPSA) is 66.0 Å². The molecule has 3 rings (SSSR count). The molecule has 2 N–H and O–H groups in total. The van der Waals surface area contributed by atoms with Crippen molar-refractivity contribution in [3.63, 3.8) is 0 Å². The molecule has 1 aliphatic heterocycles. The molecule has 0 unspecified atom stereocenters. The Kier molecular flexibility index (Phi) is 7.11. The van der Waals surface area contributed by atoms with Gasteiger partial charge in [0.05, 0.1) is 19.8 Å². The van der Waals surface area contributed by atoms with E-state index in [0.29, 0.717) is 18.1 Å². The summed E-state index contributed by atoms with van der Waals surface area (Å²) in [5, 5.41) is 5.96. The monoisotopic (exact) mass is 384 g/mol. The van der Waals surface area contributed by atoms with Gasteiger partial charge in [0.25, 0.3) is 5.91 Å². The minimum atomic E-state index is -0.381. The number of hydrogen-bond donors (Lipinski definition) is 2. The number of carbonyl (C=O) groups excluding carboxylic acids is 1. The molecule has 0 spiro atoms. The van der Waals surface area contributed by atoms with E-state index < -0.39 is 0 Å². The van der Waals surface area contributed by atoms with E-state index in [-0.39, 0.29) is 11.7 Å². The van der Waals surface area contributed by atoms with Gasteiger partial charge in [-0.05, 0) is 48.9 Å². The third kappa shape index (κ3) is 6.14. The van der Waals surface area contributed by atoms with Gasteiger partial charge in [0.15, 0.2) is 0 Å². The van der Waals surface area contributed by atoms with E-state index in [0.717, 1.165) is 44.1 Å². The summed E-state index contributed by atoms with van der Waals surface area (Å²) in [5.41, 5.74) is 2.31. The van der Waals surface area contributed by atoms with Gasteiger partial charge in [-0.25, -0.2) is 4.39 Å². The lowest BCUT2D eigenvalue weighted by Crippen LogP contribution is -2.39. The zero-order chi connectivity index (χ0) is 19.8. The van der Waals surface area contributed by atoms with Gasteiger partial charge in [0.1, 0.15) is 5.82 Å². The summed E-state index contributed by atoms with van der Waals surface area (Å²) in [6.45, 7) is 6.57. The molecule has 1 saturated heterocycles. The highest BCUT2D eigenvalue weighted by atomic mass is 19.1.